The van der Waals surface area contributed by atoms with Gasteiger partial charge < -0.3 is 0 Å². The molecule has 0 bridgehead atoms. The maximum absolute atomic E-state index is 12.9. The molecule has 124 valence electrons. The van der Waals surface area contributed by atoms with Crippen LogP contribution in [0.1, 0.15) is 17.0 Å². The minimum atomic E-state index is -4.44. The van der Waals surface area contributed by atoms with Gasteiger partial charge in [0.2, 0.25) is 0 Å². The van der Waals surface area contributed by atoms with Gasteiger partial charge in [0.05, 0.1) is 10.8 Å². The molecule has 0 saturated heterocycles. The van der Waals surface area contributed by atoms with E-state index in [0.717, 1.165) is 4.90 Å². The van der Waals surface area contributed by atoms with Crippen molar-refractivity contribution in [2.45, 2.75) is 24.0 Å². The van der Waals surface area contributed by atoms with Crippen LogP contribution in [0.25, 0.3) is 0 Å². The topological polar surface area (TPSA) is 49.0 Å². The van der Waals surface area contributed by atoms with Crippen molar-refractivity contribution >= 4 is 10.8 Å². The summed E-state index contributed by atoms with van der Waals surface area (Å²) in [7, 11) is -1.14. The van der Waals surface area contributed by atoms with Gasteiger partial charge in [0.1, 0.15) is 0 Å². The van der Waals surface area contributed by atoms with Gasteiger partial charge in [-0.1, -0.05) is 18.2 Å². The molecule has 1 aliphatic rings. The summed E-state index contributed by atoms with van der Waals surface area (Å²) in [5.74, 6) is 0.401. The van der Waals surface area contributed by atoms with Crippen molar-refractivity contribution in [2.24, 2.45) is 0 Å². The molecule has 23 heavy (non-hydrogen) atoms. The molecule has 1 aromatic carbocycles. The van der Waals surface area contributed by atoms with E-state index in [9.17, 15) is 17.4 Å². The molecule has 0 radical (unpaired) electrons. The highest BCUT2D eigenvalue weighted by atomic mass is 32.2. The van der Waals surface area contributed by atoms with Crippen molar-refractivity contribution in [2.75, 3.05) is 18.8 Å². The van der Waals surface area contributed by atoms with Gasteiger partial charge in [0.25, 0.3) is 0 Å². The van der Waals surface area contributed by atoms with Gasteiger partial charge in [-0.3, -0.25) is 14.2 Å². The zero-order chi connectivity index (χ0) is 16.4. The van der Waals surface area contributed by atoms with Crippen LogP contribution in [0.2, 0.25) is 0 Å². The third kappa shape index (κ3) is 3.64. The number of fused-ring (bicyclic) bond motifs is 1. The summed E-state index contributed by atoms with van der Waals surface area (Å²) in [6.45, 7) is 1.31. The number of hydrogen-bond donors (Lipinski definition) is 1. The number of benzene rings is 1. The van der Waals surface area contributed by atoms with E-state index < -0.39 is 22.7 Å². The molecule has 0 spiro atoms. The van der Waals surface area contributed by atoms with Gasteiger partial charge in [0.15, 0.2) is 5.69 Å². The molecule has 1 atom stereocenters. The number of rotatable bonds is 4. The fraction of sp³-hybridized carbons (Fsp3) is 0.400. The van der Waals surface area contributed by atoms with E-state index in [1.54, 1.807) is 12.1 Å². The lowest BCUT2D eigenvalue weighted by Crippen LogP contribution is -2.34. The quantitative estimate of drug-likeness (QED) is 0.928. The van der Waals surface area contributed by atoms with Crippen molar-refractivity contribution in [3.05, 3.63) is 47.3 Å². The van der Waals surface area contributed by atoms with Crippen LogP contribution in [-0.2, 0) is 29.9 Å². The highest BCUT2D eigenvalue weighted by Crippen LogP contribution is 2.33. The second-order valence-corrected chi connectivity index (χ2v) is 6.99. The summed E-state index contributed by atoms with van der Waals surface area (Å²) in [5, 5.41) is 5.90. The van der Waals surface area contributed by atoms with Crippen LogP contribution in [0.4, 0.5) is 13.2 Å². The zero-order valence-corrected chi connectivity index (χ0v) is 13.1. The fourth-order valence-corrected chi connectivity index (χ4v) is 3.80. The van der Waals surface area contributed by atoms with Crippen LogP contribution >= 0.6 is 0 Å². The van der Waals surface area contributed by atoms with Crippen molar-refractivity contribution < 1.29 is 17.4 Å². The molecule has 8 heteroatoms. The Labute approximate surface area is 134 Å². The second-order valence-electron chi connectivity index (χ2n) is 5.42. The van der Waals surface area contributed by atoms with Crippen LogP contribution < -0.4 is 0 Å². The van der Waals surface area contributed by atoms with E-state index in [1.807, 2.05) is 23.1 Å². The fourth-order valence-electron chi connectivity index (χ4n) is 2.68. The number of alkyl halides is 3. The van der Waals surface area contributed by atoms with E-state index in [1.165, 1.54) is 0 Å². The Hall–Kier alpha value is -1.67. The zero-order valence-electron chi connectivity index (χ0n) is 12.3. The molecule has 3 rings (SSSR count). The molecule has 1 unspecified atom stereocenters. The average molecular weight is 343 g/mol. The molecule has 0 saturated carbocycles. The molecule has 2 heterocycles. The third-order valence-electron chi connectivity index (χ3n) is 3.88. The van der Waals surface area contributed by atoms with Crippen molar-refractivity contribution in [3.63, 3.8) is 0 Å². The summed E-state index contributed by atoms with van der Waals surface area (Å²) in [6, 6.07) is 9.08. The van der Waals surface area contributed by atoms with Crippen LogP contribution in [0.5, 0.6) is 0 Å². The second kappa shape index (κ2) is 6.45. The van der Waals surface area contributed by atoms with Gasteiger partial charge in [-0.15, -0.1) is 0 Å². The normalized spacial score (nSPS) is 17.0. The largest absolute Gasteiger partial charge is 0.435 e. The first-order valence-electron chi connectivity index (χ1n) is 7.24. The molecular weight excluding hydrogens is 327 g/mol. The first kappa shape index (κ1) is 16.2. The van der Waals surface area contributed by atoms with E-state index in [2.05, 4.69) is 10.2 Å². The van der Waals surface area contributed by atoms with Gasteiger partial charge in [-0.05, 0) is 12.1 Å². The number of halogens is 3. The smallest absolute Gasteiger partial charge is 0.298 e. The highest BCUT2D eigenvalue weighted by molar-refractivity contribution is 7.85. The van der Waals surface area contributed by atoms with Gasteiger partial charge >= 0.3 is 6.18 Å². The van der Waals surface area contributed by atoms with Crippen LogP contribution in [-0.4, -0.2) is 38.1 Å². The highest BCUT2D eigenvalue weighted by Gasteiger charge is 2.39. The third-order valence-corrected chi connectivity index (χ3v) is 5.23. The molecule has 2 aromatic rings. The predicted octanol–water partition coefficient (Wildman–Crippen LogP) is 2.59. The SMILES string of the molecule is O=S(CCN1CCc2[nH]nc(C(F)(F)F)c2C1)c1ccccc1. The number of aromatic nitrogens is 2. The average Bonchev–Trinajstić information content (AvgIpc) is 2.96. The van der Waals surface area contributed by atoms with Crippen molar-refractivity contribution in [1.29, 1.82) is 0 Å². The number of nitrogens with one attached hydrogen (secondary N) is 1. The lowest BCUT2D eigenvalue weighted by atomic mass is 10.1. The molecule has 1 aliphatic heterocycles. The lowest BCUT2D eigenvalue weighted by Gasteiger charge is -2.26. The Morgan fingerprint density at radius 1 is 1.26 bits per heavy atom. The first-order valence-corrected chi connectivity index (χ1v) is 8.56. The number of H-pyrrole nitrogens is 1. The van der Waals surface area contributed by atoms with E-state index in [4.69, 9.17) is 0 Å². The molecular formula is C15H16F3N3OS. The number of hydrogen-bond acceptors (Lipinski definition) is 3. The molecule has 0 amide bonds. The predicted molar refractivity (Wildman–Crippen MR) is 80.3 cm³/mol. The summed E-state index contributed by atoms with van der Waals surface area (Å²) >= 11 is 0. The van der Waals surface area contributed by atoms with Gasteiger partial charge in [0, 0.05) is 48.0 Å². The van der Waals surface area contributed by atoms with E-state index in [-0.39, 0.29) is 12.1 Å². The van der Waals surface area contributed by atoms with E-state index in [0.29, 0.717) is 31.0 Å². The summed E-state index contributed by atoms with van der Waals surface area (Å²) < 4.78 is 51.0. The summed E-state index contributed by atoms with van der Waals surface area (Å²) in [5.41, 5.74) is -0.0617. The summed E-state index contributed by atoms with van der Waals surface area (Å²) in [4.78, 5) is 2.64. The van der Waals surface area contributed by atoms with E-state index >= 15 is 0 Å². The molecule has 1 N–H and O–H groups in total. The Kier molecular flexibility index (Phi) is 4.54. The van der Waals surface area contributed by atoms with Crippen LogP contribution in [0.3, 0.4) is 0 Å². The van der Waals surface area contributed by atoms with Gasteiger partial charge in [-0.2, -0.15) is 18.3 Å². The maximum Gasteiger partial charge on any atom is 0.435 e. The number of nitrogens with zero attached hydrogens (tertiary/aromatic N) is 2. The minimum Gasteiger partial charge on any atom is -0.298 e. The Balaban J connectivity index is 1.64. The molecule has 0 aliphatic carbocycles. The molecule has 1 aromatic heterocycles. The van der Waals surface area contributed by atoms with Crippen molar-refractivity contribution in [3.8, 4) is 0 Å². The standard InChI is InChI=1S/C15H16F3N3OS/c16-15(17,18)14-12-10-21(7-6-13(12)19-20-14)8-9-23(22)11-4-2-1-3-5-11/h1-5H,6-10H2,(H,19,20). The summed E-state index contributed by atoms with van der Waals surface area (Å²) in [6.07, 6.45) is -3.95. The molecule has 0 fully saturated rings. The molecule has 4 nitrogen and oxygen atoms in total. The lowest BCUT2D eigenvalue weighted by molar-refractivity contribution is -0.142. The monoisotopic (exact) mass is 343 g/mol. The van der Waals surface area contributed by atoms with Gasteiger partial charge in [-0.25, -0.2) is 0 Å². The Morgan fingerprint density at radius 3 is 2.70 bits per heavy atom. The minimum absolute atomic E-state index is 0.187. The van der Waals surface area contributed by atoms with Crippen LogP contribution in [0, 0.1) is 0 Å². The van der Waals surface area contributed by atoms with Crippen LogP contribution in [0.15, 0.2) is 35.2 Å². The number of aromatic amines is 1. The van der Waals surface area contributed by atoms with Crippen molar-refractivity contribution in [1.82, 2.24) is 15.1 Å². The Morgan fingerprint density at radius 2 is 2.00 bits per heavy atom. The maximum atomic E-state index is 12.9. The first-order chi connectivity index (χ1) is 10.9. The Bertz CT molecular complexity index is 700.